The van der Waals surface area contributed by atoms with Crippen LogP contribution in [0.1, 0.15) is 0 Å². The molecule has 58 valence electrons. The van der Waals surface area contributed by atoms with E-state index in [1.54, 1.807) is 0 Å². The zero-order valence-electron chi connectivity index (χ0n) is 5.87. The minimum atomic E-state index is 0.113. The van der Waals surface area contributed by atoms with E-state index in [1.807, 2.05) is 0 Å². The Morgan fingerprint density at radius 3 is 1.36 bits per heavy atom. The van der Waals surface area contributed by atoms with E-state index < -0.39 is 0 Å². The van der Waals surface area contributed by atoms with Crippen LogP contribution in [0.3, 0.4) is 0 Å². The summed E-state index contributed by atoms with van der Waals surface area (Å²) in [6.45, 7) is 0. The average molecular weight is 233 g/mol. The van der Waals surface area contributed by atoms with Gasteiger partial charge in [-0.05, 0) is 0 Å². The maximum atomic E-state index is 2.22. The van der Waals surface area contributed by atoms with E-state index in [1.165, 1.54) is 0 Å². The van der Waals surface area contributed by atoms with Crippen LogP contribution >= 0.6 is 0 Å². The zero-order chi connectivity index (χ0) is 7.52. The third kappa shape index (κ3) is 1.60. The van der Waals surface area contributed by atoms with Gasteiger partial charge >= 0.3 is 73.3 Å². The summed E-state index contributed by atoms with van der Waals surface area (Å²) in [5.74, 6) is 0. The molecule has 0 unspecified atom stereocenters. The van der Waals surface area contributed by atoms with Crippen molar-refractivity contribution in [3.05, 3.63) is 49.1 Å². The molecule has 2 rings (SSSR count). The maximum absolute atomic E-state index is 2.22. The second kappa shape index (κ2) is 3.06. The van der Waals surface area contributed by atoms with Crippen LogP contribution in [0.15, 0.2) is 49.1 Å². The van der Waals surface area contributed by atoms with Gasteiger partial charge in [0.25, 0.3) is 0 Å². The molecular weight excluding hydrogens is 225 g/mol. The molecule has 0 amide bonds. The molecular formula is C8H8N2Ru. The molecule has 2 heterocycles. The fourth-order valence-electron chi connectivity index (χ4n) is 0.807. The Hall–Kier alpha value is -0.817. The van der Waals surface area contributed by atoms with Gasteiger partial charge < -0.3 is 0 Å². The van der Waals surface area contributed by atoms with Gasteiger partial charge in [0.05, 0.1) is 0 Å². The minimum absolute atomic E-state index is 0.113. The summed E-state index contributed by atoms with van der Waals surface area (Å²) < 4.78 is 4.43. The molecule has 0 aliphatic carbocycles. The molecule has 2 aromatic rings. The van der Waals surface area contributed by atoms with Crippen LogP contribution in [0.4, 0.5) is 0 Å². The molecule has 0 saturated heterocycles. The van der Waals surface area contributed by atoms with Crippen molar-refractivity contribution in [2.24, 2.45) is 0 Å². The topological polar surface area (TPSA) is 9.86 Å². The van der Waals surface area contributed by atoms with E-state index in [0.717, 1.165) is 0 Å². The zero-order valence-corrected chi connectivity index (χ0v) is 7.60. The Balaban J connectivity index is 2.14. The molecule has 0 atom stereocenters. The quantitative estimate of drug-likeness (QED) is 0.697. The molecule has 2 nitrogen and oxygen atoms in total. The molecule has 0 fully saturated rings. The van der Waals surface area contributed by atoms with Gasteiger partial charge in [0.15, 0.2) is 0 Å². The van der Waals surface area contributed by atoms with Gasteiger partial charge in [-0.1, -0.05) is 0 Å². The predicted molar refractivity (Wildman–Crippen MR) is 39.7 cm³/mol. The van der Waals surface area contributed by atoms with Crippen molar-refractivity contribution in [1.82, 2.24) is 6.62 Å². The second-order valence-corrected chi connectivity index (χ2v) is 4.24. The standard InChI is InChI=1S/2C4H4N.Ru/c2*1-2-4-5-3-1;/h2*1-4H;/q2*-1;+2. The predicted octanol–water partition coefficient (Wildman–Crippen LogP) is 1.60. The summed E-state index contributed by atoms with van der Waals surface area (Å²) in [7, 11) is 0. The molecule has 0 saturated carbocycles. The van der Waals surface area contributed by atoms with Gasteiger partial charge in [-0.2, -0.15) is 0 Å². The monoisotopic (exact) mass is 234 g/mol. The Labute approximate surface area is 73.6 Å². The van der Waals surface area contributed by atoms with Crippen LogP contribution in [0.25, 0.3) is 0 Å². The van der Waals surface area contributed by atoms with Gasteiger partial charge in [-0.15, -0.1) is 0 Å². The number of rotatable bonds is 2. The van der Waals surface area contributed by atoms with Crippen LogP contribution in [0.2, 0.25) is 0 Å². The van der Waals surface area contributed by atoms with Gasteiger partial charge in [0.2, 0.25) is 0 Å². The van der Waals surface area contributed by atoms with E-state index in [2.05, 4.69) is 55.7 Å². The molecule has 3 heteroatoms. The number of nitrogens with zero attached hydrogens (tertiary/aromatic N) is 2. The van der Waals surface area contributed by atoms with Crippen LogP contribution in [-0.2, 0) is 17.6 Å². The molecule has 0 spiro atoms. The Kier molecular flexibility index (Phi) is 1.91. The van der Waals surface area contributed by atoms with Crippen molar-refractivity contribution >= 4 is 0 Å². The summed E-state index contributed by atoms with van der Waals surface area (Å²) in [5.41, 5.74) is 0. The molecule has 0 N–H and O–H groups in total. The van der Waals surface area contributed by atoms with Crippen molar-refractivity contribution in [2.75, 3.05) is 0 Å². The first-order chi connectivity index (χ1) is 5.45. The molecule has 0 aromatic carbocycles. The summed E-state index contributed by atoms with van der Waals surface area (Å²) in [6, 6.07) is 8.22. The van der Waals surface area contributed by atoms with E-state index in [4.69, 9.17) is 0 Å². The average Bonchev–Trinajstić information content (AvgIpc) is 2.60. The number of hydrogen-bond donors (Lipinski definition) is 0. The molecule has 2 aromatic heterocycles. The Bertz CT molecular complexity index is 264. The van der Waals surface area contributed by atoms with Crippen molar-refractivity contribution in [3.63, 3.8) is 0 Å². The Morgan fingerprint density at radius 2 is 1.00 bits per heavy atom. The summed E-state index contributed by atoms with van der Waals surface area (Å²) >= 11 is 0.113. The normalized spacial score (nSPS) is 10.5. The fourth-order valence-corrected chi connectivity index (χ4v) is 2.33. The third-order valence-corrected chi connectivity index (χ3v) is 3.12. The molecule has 0 radical (unpaired) electrons. The van der Waals surface area contributed by atoms with Gasteiger partial charge in [0.1, 0.15) is 0 Å². The van der Waals surface area contributed by atoms with Gasteiger partial charge in [-0.25, -0.2) is 0 Å². The van der Waals surface area contributed by atoms with E-state index >= 15 is 0 Å². The fraction of sp³-hybridized carbons (Fsp3) is 0. The van der Waals surface area contributed by atoms with E-state index in [0.29, 0.717) is 0 Å². The molecule has 0 aliphatic heterocycles. The summed E-state index contributed by atoms with van der Waals surface area (Å²) in [4.78, 5) is 0. The third-order valence-electron chi connectivity index (χ3n) is 1.28. The van der Waals surface area contributed by atoms with Crippen LogP contribution in [0.5, 0.6) is 0 Å². The summed E-state index contributed by atoms with van der Waals surface area (Å²) in [5, 5.41) is 0. The van der Waals surface area contributed by atoms with Gasteiger partial charge in [0, 0.05) is 0 Å². The van der Waals surface area contributed by atoms with E-state index in [9.17, 15) is 0 Å². The number of aromatic nitrogens is 2. The van der Waals surface area contributed by atoms with Crippen LogP contribution < -0.4 is 0 Å². The SMILES string of the molecule is c1cc[n]([Ru][n]2cccc2)c1. The van der Waals surface area contributed by atoms with Crippen molar-refractivity contribution in [1.29, 1.82) is 0 Å². The first-order valence-electron chi connectivity index (χ1n) is 3.35. The summed E-state index contributed by atoms with van der Waals surface area (Å²) in [6.07, 6.45) is 8.38. The van der Waals surface area contributed by atoms with Crippen LogP contribution in [0, 0.1) is 0 Å². The van der Waals surface area contributed by atoms with Crippen molar-refractivity contribution in [2.45, 2.75) is 0 Å². The first-order valence-corrected chi connectivity index (χ1v) is 4.90. The number of hydrogen-bond acceptors (Lipinski definition) is 0. The molecule has 0 aliphatic rings. The Morgan fingerprint density at radius 1 is 0.636 bits per heavy atom. The van der Waals surface area contributed by atoms with E-state index in [-0.39, 0.29) is 17.6 Å². The first kappa shape index (κ1) is 6.87. The second-order valence-electron chi connectivity index (χ2n) is 2.10. The molecule has 0 bridgehead atoms. The molecule has 11 heavy (non-hydrogen) atoms. The van der Waals surface area contributed by atoms with Crippen molar-refractivity contribution in [3.8, 4) is 0 Å². The van der Waals surface area contributed by atoms with Gasteiger partial charge in [-0.3, -0.25) is 0 Å². The van der Waals surface area contributed by atoms with Crippen molar-refractivity contribution < 1.29 is 17.6 Å². The van der Waals surface area contributed by atoms with Crippen LogP contribution in [-0.4, -0.2) is 6.62 Å².